The second kappa shape index (κ2) is 7.64. The molecule has 0 unspecified atom stereocenters. The van der Waals surface area contributed by atoms with Gasteiger partial charge in [0.15, 0.2) is 0 Å². The molecule has 10 heteroatoms. The Kier molecular flexibility index (Phi) is 5.43. The molecule has 28 heavy (non-hydrogen) atoms. The number of benzene rings is 2. The Balaban J connectivity index is 1.76. The topological polar surface area (TPSA) is 101 Å². The Morgan fingerprint density at radius 3 is 2.25 bits per heavy atom. The van der Waals surface area contributed by atoms with E-state index in [2.05, 4.69) is 0 Å². The number of carbonyl (C=O) groups is 1. The van der Waals surface area contributed by atoms with Crippen LogP contribution >= 0.6 is 0 Å². The van der Waals surface area contributed by atoms with Gasteiger partial charge in [-0.05, 0) is 37.3 Å². The molecule has 2 aromatic carbocycles. The molecule has 3 rings (SSSR count). The fourth-order valence-electron chi connectivity index (χ4n) is 3.13. The Hall–Kier alpha value is -2.85. The monoisotopic (exact) mass is 407 g/mol. The van der Waals surface area contributed by atoms with Gasteiger partial charge in [-0.1, -0.05) is 12.1 Å². The van der Waals surface area contributed by atoms with Crippen molar-refractivity contribution in [2.45, 2.75) is 11.8 Å². The summed E-state index contributed by atoms with van der Waals surface area (Å²) in [6.07, 6.45) is 0. The third kappa shape index (κ3) is 3.73. The van der Waals surface area contributed by atoms with Crippen LogP contribution in [0.2, 0.25) is 0 Å². The van der Waals surface area contributed by atoms with Crippen molar-refractivity contribution in [2.75, 3.05) is 26.2 Å². The van der Waals surface area contributed by atoms with Crippen LogP contribution in [-0.4, -0.2) is 54.6 Å². The van der Waals surface area contributed by atoms with Gasteiger partial charge >= 0.3 is 0 Å². The molecule has 0 N–H and O–H groups in total. The molecular formula is C18H18FN3O5S. The van der Waals surface area contributed by atoms with E-state index < -0.39 is 26.7 Å². The Morgan fingerprint density at radius 2 is 1.68 bits per heavy atom. The number of hydrogen-bond donors (Lipinski definition) is 0. The van der Waals surface area contributed by atoms with Gasteiger partial charge in [-0.15, -0.1) is 0 Å². The summed E-state index contributed by atoms with van der Waals surface area (Å²) in [6.45, 7) is 1.85. The number of piperazine rings is 1. The third-order valence-electron chi connectivity index (χ3n) is 4.63. The highest BCUT2D eigenvalue weighted by atomic mass is 32.2. The van der Waals surface area contributed by atoms with E-state index in [4.69, 9.17) is 0 Å². The van der Waals surface area contributed by atoms with Gasteiger partial charge in [0.25, 0.3) is 11.6 Å². The van der Waals surface area contributed by atoms with Crippen LogP contribution in [0.25, 0.3) is 0 Å². The molecule has 0 aliphatic carbocycles. The second-order valence-corrected chi connectivity index (χ2v) is 8.32. The van der Waals surface area contributed by atoms with E-state index in [0.29, 0.717) is 5.56 Å². The molecule has 0 bridgehead atoms. The average Bonchev–Trinajstić information content (AvgIpc) is 2.67. The number of aryl methyl sites for hydroxylation is 1. The summed E-state index contributed by atoms with van der Waals surface area (Å²) in [7, 11) is -3.80. The van der Waals surface area contributed by atoms with Crippen molar-refractivity contribution in [3.63, 3.8) is 0 Å². The van der Waals surface area contributed by atoms with Crippen molar-refractivity contribution in [2.24, 2.45) is 0 Å². The van der Waals surface area contributed by atoms with Crippen molar-refractivity contribution in [3.05, 3.63) is 69.5 Å². The Labute approximate surface area is 161 Å². The van der Waals surface area contributed by atoms with Crippen molar-refractivity contribution in [1.82, 2.24) is 9.21 Å². The summed E-state index contributed by atoms with van der Waals surface area (Å²) in [5.41, 5.74) is 0.127. The molecule has 0 radical (unpaired) electrons. The molecular weight excluding hydrogens is 389 g/mol. The lowest BCUT2D eigenvalue weighted by Crippen LogP contribution is -2.50. The van der Waals surface area contributed by atoms with Gasteiger partial charge in [-0.3, -0.25) is 14.9 Å². The highest BCUT2D eigenvalue weighted by Gasteiger charge is 2.32. The largest absolute Gasteiger partial charge is 0.336 e. The lowest BCUT2D eigenvalue weighted by molar-refractivity contribution is -0.385. The predicted molar refractivity (Wildman–Crippen MR) is 98.9 cm³/mol. The fraction of sp³-hybridized carbons (Fsp3) is 0.278. The summed E-state index contributed by atoms with van der Waals surface area (Å²) < 4.78 is 39.5. The number of nitrogens with zero attached hydrogens (tertiary/aromatic N) is 3. The van der Waals surface area contributed by atoms with E-state index >= 15 is 0 Å². The Morgan fingerprint density at radius 1 is 1.07 bits per heavy atom. The molecule has 148 valence electrons. The first-order valence-corrected chi connectivity index (χ1v) is 9.95. The molecule has 1 aliphatic heterocycles. The first kappa shape index (κ1) is 19.9. The van der Waals surface area contributed by atoms with Crippen LogP contribution in [0.4, 0.5) is 10.1 Å². The SMILES string of the molecule is Cc1cccc(C(=O)N2CCN(S(=O)(=O)c3ccc(F)cc3)CC2)c1[N+](=O)[O-]. The van der Waals surface area contributed by atoms with Crippen molar-refractivity contribution < 1.29 is 22.5 Å². The Bertz CT molecular complexity index is 1020. The molecule has 1 heterocycles. The van der Waals surface area contributed by atoms with Crippen LogP contribution in [0, 0.1) is 22.9 Å². The van der Waals surface area contributed by atoms with Crippen LogP contribution in [0.3, 0.4) is 0 Å². The van der Waals surface area contributed by atoms with Crippen LogP contribution < -0.4 is 0 Å². The fourth-order valence-corrected chi connectivity index (χ4v) is 4.55. The molecule has 0 saturated carbocycles. The minimum absolute atomic E-state index is 0.0140. The number of rotatable bonds is 4. The minimum atomic E-state index is -3.80. The van der Waals surface area contributed by atoms with Gasteiger partial charge in [0.1, 0.15) is 11.4 Å². The zero-order valence-corrected chi connectivity index (χ0v) is 15.9. The van der Waals surface area contributed by atoms with E-state index in [0.717, 1.165) is 12.1 Å². The first-order chi connectivity index (χ1) is 13.2. The number of amides is 1. The molecule has 1 aliphatic rings. The number of hydrogen-bond acceptors (Lipinski definition) is 5. The lowest BCUT2D eigenvalue weighted by atomic mass is 10.1. The maximum Gasteiger partial charge on any atom is 0.285 e. The summed E-state index contributed by atoms with van der Waals surface area (Å²) in [5, 5.41) is 11.3. The molecule has 0 aromatic heterocycles. The van der Waals surface area contributed by atoms with Gasteiger partial charge in [0.05, 0.1) is 9.82 Å². The molecule has 8 nitrogen and oxygen atoms in total. The summed E-state index contributed by atoms with van der Waals surface area (Å²) in [4.78, 5) is 24.9. The van der Waals surface area contributed by atoms with E-state index in [9.17, 15) is 27.7 Å². The van der Waals surface area contributed by atoms with E-state index in [1.807, 2.05) is 0 Å². The molecule has 1 fully saturated rings. The van der Waals surface area contributed by atoms with Crippen molar-refractivity contribution in [1.29, 1.82) is 0 Å². The minimum Gasteiger partial charge on any atom is -0.336 e. The zero-order chi connectivity index (χ0) is 20.5. The van der Waals surface area contributed by atoms with Crippen LogP contribution in [0.15, 0.2) is 47.4 Å². The normalized spacial score (nSPS) is 15.4. The molecule has 0 atom stereocenters. The van der Waals surface area contributed by atoms with Gasteiger partial charge in [0, 0.05) is 31.7 Å². The van der Waals surface area contributed by atoms with Gasteiger partial charge < -0.3 is 4.90 Å². The van der Waals surface area contributed by atoms with Crippen LogP contribution in [-0.2, 0) is 10.0 Å². The molecule has 1 amide bonds. The van der Waals surface area contributed by atoms with Gasteiger partial charge in [-0.2, -0.15) is 4.31 Å². The third-order valence-corrected chi connectivity index (χ3v) is 6.54. The van der Waals surface area contributed by atoms with Crippen molar-refractivity contribution in [3.8, 4) is 0 Å². The maximum atomic E-state index is 13.0. The van der Waals surface area contributed by atoms with Gasteiger partial charge in [0.2, 0.25) is 10.0 Å². The maximum absolute atomic E-state index is 13.0. The number of carbonyl (C=O) groups excluding carboxylic acids is 1. The van der Waals surface area contributed by atoms with Crippen LogP contribution in [0.5, 0.6) is 0 Å². The zero-order valence-electron chi connectivity index (χ0n) is 15.0. The quantitative estimate of drug-likeness (QED) is 0.571. The number of para-hydroxylation sites is 1. The summed E-state index contributed by atoms with van der Waals surface area (Å²) in [5.74, 6) is -1.04. The van der Waals surface area contributed by atoms with E-state index in [1.54, 1.807) is 19.1 Å². The number of sulfonamides is 1. The standard InChI is InChI=1S/C18H18FN3O5S/c1-13-3-2-4-16(17(13)22(24)25)18(23)20-9-11-21(12-10-20)28(26,27)15-7-5-14(19)6-8-15/h2-8H,9-12H2,1H3. The smallest absolute Gasteiger partial charge is 0.285 e. The summed E-state index contributed by atoms with van der Waals surface area (Å²) >= 11 is 0. The van der Waals surface area contributed by atoms with Crippen molar-refractivity contribution >= 4 is 21.6 Å². The number of nitro benzene ring substituents is 1. The second-order valence-electron chi connectivity index (χ2n) is 6.38. The van der Waals surface area contributed by atoms with Crippen LogP contribution in [0.1, 0.15) is 15.9 Å². The number of halogens is 1. The van der Waals surface area contributed by atoms with E-state index in [-0.39, 0.29) is 42.3 Å². The molecule has 0 spiro atoms. The molecule has 2 aromatic rings. The number of nitro groups is 1. The van der Waals surface area contributed by atoms with Gasteiger partial charge in [-0.25, -0.2) is 12.8 Å². The lowest BCUT2D eigenvalue weighted by Gasteiger charge is -2.34. The predicted octanol–water partition coefficient (Wildman–Crippen LogP) is 2.19. The highest BCUT2D eigenvalue weighted by Crippen LogP contribution is 2.25. The first-order valence-electron chi connectivity index (χ1n) is 8.51. The highest BCUT2D eigenvalue weighted by molar-refractivity contribution is 7.89. The average molecular weight is 407 g/mol. The molecule has 1 saturated heterocycles. The van der Waals surface area contributed by atoms with E-state index in [1.165, 1.54) is 27.4 Å². The summed E-state index contributed by atoms with van der Waals surface area (Å²) in [6, 6.07) is 9.06.